The van der Waals surface area contributed by atoms with Gasteiger partial charge in [0.25, 0.3) is 0 Å². The third-order valence-electron chi connectivity index (χ3n) is 7.53. The summed E-state index contributed by atoms with van der Waals surface area (Å²) in [6.07, 6.45) is 5.60. The highest BCUT2D eigenvalue weighted by Crippen LogP contribution is 2.56. The second kappa shape index (κ2) is 9.38. The van der Waals surface area contributed by atoms with Gasteiger partial charge >= 0.3 is 0 Å². The van der Waals surface area contributed by atoms with Crippen LogP contribution in [-0.4, -0.2) is 40.8 Å². The summed E-state index contributed by atoms with van der Waals surface area (Å²) in [7, 11) is 0. The first kappa shape index (κ1) is 24.5. The van der Waals surface area contributed by atoms with Gasteiger partial charge in [0.05, 0.1) is 17.8 Å². The number of primary amides is 1. The van der Waals surface area contributed by atoms with Crippen molar-refractivity contribution in [2.75, 3.05) is 5.32 Å². The molecule has 0 saturated heterocycles. The summed E-state index contributed by atoms with van der Waals surface area (Å²) in [4.78, 5) is 26.6. The molecule has 4 aromatic heterocycles. The molecule has 1 fully saturated rings. The van der Waals surface area contributed by atoms with E-state index in [1.165, 1.54) is 10.9 Å². The summed E-state index contributed by atoms with van der Waals surface area (Å²) in [6, 6.07) is 7.60. The zero-order chi connectivity index (χ0) is 26.3. The number of amides is 1. The standard InChI is InChI=1S/C26H30FN9O/c1-14-9-20(32-25(31-14)33-21-10-15(2)34-35-21)19-7-8-26(4,24(28)37)23(19)16(3)17-5-6-22(29-11-17)36-13-18(27)12-30-36/h5-6,9-13,16,19,23H,7-8H2,1-4H3,(H2,28,37)(H2,31,32,33,34,35)/t16-,19?,23?,26?/m1/s1. The molecule has 37 heavy (non-hydrogen) atoms. The maximum Gasteiger partial charge on any atom is 0.228 e. The van der Waals surface area contributed by atoms with Crippen molar-refractivity contribution in [3.8, 4) is 5.82 Å². The summed E-state index contributed by atoms with van der Waals surface area (Å²) < 4.78 is 14.8. The minimum Gasteiger partial charge on any atom is -0.369 e. The highest BCUT2D eigenvalue weighted by molar-refractivity contribution is 5.81. The zero-order valence-corrected chi connectivity index (χ0v) is 21.2. The fourth-order valence-corrected chi connectivity index (χ4v) is 5.64. The van der Waals surface area contributed by atoms with Gasteiger partial charge in [0.2, 0.25) is 11.9 Å². The molecule has 1 amide bonds. The average Bonchev–Trinajstić information content (AvgIpc) is 3.57. The number of hydrogen-bond donors (Lipinski definition) is 3. The number of aromatic amines is 1. The topological polar surface area (TPSA) is 140 Å². The van der Waals surface area contributed by atoms with E-state index in [0.717, 1.165) is 35.3 Å². The molecule has 1 aliphatic rings. The Kier molecular flexibility index (Phi) is 6.22. The molecule has 4 N–H and O–H groups in total. The molecule has 0 bridgehead atoms. The number of carbonyl (C=O) groups excluding carboxylic acids is 1. The first-order valence-corrected chi connectivity index (χ1v) is 12.2. The van der Waals surface area contributed by atoms with Gasteiger partial charge in [-0.05, 0) is 56.2 Å². The van der Waals surface area contributed by atoms with E-state index < -0.39 is 11.2 Å². The van der Waals surface area contributed by atoms with Crippen molar-refractivity contribution in [3.63, 3.8) is 0 Å². The van der Waals surface area contributed by atoms with E-state index in [1.54, 1.807) is 12.3 Å². The van der Waals surface area contributed by atoms with E-state index >= 15 is 0 Å². The number of nitrogens with two attached hydrogens (primary N) is 1. The van der Waals surface area contributed by atoms with Crippen molar-refractivity contribution in [1.29, 1.82) is 0 Å². The molecular formula is C26H30FN9O. The van der Waals surface area contributed by atoms with Gasteiger partial charge in [-0.2, -0.15) is 10.2 Å². The highest BCUT2D eigenvalue weighted by Gasteiger charge is 2.52. The van der Waals surface area contributed by atoms with Gasteiger partial charge < -0.3 is 11.1 Å². The van der Waals surface area contributed by atoms with Crippen LogP contribution in [0.2, 0.25) is 0 Å². The van der Waals surface area contributed by atoms with Crippen LogP contribution >= 0.6 is 0 Å². The monoisotopic (exact) mass is 503 g/mol. The Labute approximate surface area is 213 Å². The number of halogens is 1. The largest absolute Gasteiger partial charge is 0.369 e. The lowest BCUT2D eigenvalue weighted by molar-refractivity contribution is -0.129. The number of carbonyl (C=O) groups is 1. The first-order valence-electron chi connectivity index (χ1n) is 12.2. The Morgan fingerprint density at radius 2 is 2.08 bits per heavy atom. The summed E-state index contributed by atoms with van der Waals surface area (Å²) in [5, 5.41) is 14.3. The van der Waals surface area contributed by atoms with Gasteiger partial charge in [-0.25, -0.2) is 24.0 Å². The Bertz CT molecular complexity index is 1430. The lowest BCUT2D eigenvalue weighted by Crippen LogP contribution is -2.41. The lowest BCUT2D eigenvalue weighted by atomic mass is 9.67. The second-order valence-corrected chi connectivity index (χ2v) is 10.1. The van der Waals surface area contributed by atoms with Crippen LogP contribution in [0.1, 0.15) is 61.2 Å². The first-order chi connectivity index (χ1) is 17.6. The molecule has 1 saturated carbocycles. The fraction of sp³-hybridized carbons (Fsp3) is 0.385. The zero-order valence-electron chi connectivity index (χ0n) is 21.2. The highest BCUT2D eigenvalue weighted by atomic mass is 19.1. The van der Waals surface area contributed by atoms with Crippen molar-refractivity contribution in [3.05, 3.63) is 71.3 Å². The Morgan fingerprint density at radius 3 is 2.70 bits per heavy atom. The summed E-state index contributed by atoms with van der Waals surface area (Å²) in [5.74, 6) is 0.665. The molecule has 10 nitrogen and oxygen atoms in total. The molecule has 0 radical (unpaired) electrons. The third kappa shape index (κ3) is 4.68. The van der Waals surface area contributed by atoms with E-state index in [1.807, 2.05) is 39.0 Å². The van der Waals surface area contributed by atoms with Crippen LogP contribution in [0.15, 0.2) is 42.9 Å². The van der Waals surface area contributed by atoms with Gasteiger partial charge in [0.1, 0.15) is 0 Å². The van der Waals surface area contributed by atoms with E-state index in [-0.39, 0.29) is 23.7 Å². The molecule has 1 aliphatic carbocycles. The molecule has 4 atom stereocenters. The average molecular weight is 504 g/mol. The molecule has 4 aromatic rings. The molecule has 0 aromatic carbocycles. The molecule has 11 heteroatoms. The SMILES string of the molecule is Cc1cc(C2CCC(C)(C(N)=O)C2[C@H](C)c2ccc(-n3cc(F)cn3)nc2)nc(Nc2cc(C)[nH]n2)n1. The lowest BCUT2D eigenvalue weighted by Gasteiger charge is -2.36. The minimum absolute atomic E-state index is 0.0180. The minimum atomic E-state index is -0.723. The van der Waals surface area contributed by atoms with Crippen LogP contribution in [0, 0.1) is 31.0 Å². The molecule has 0 aliphatic heterocycles. The Morgan fingerprint density at radius 1 is 1.27 bits per heavy atom. The fourth-order valence-electron chi connectivity index (χ4n) is 5.64. The van der Waals surface area contributed by atoms with Crippen LogP contribution in [-0.2, 0) is 4.79 Å². The number of hydrogen-bond acceptors (Lipinski definition) is 7. The number of rotatable bonds is 7. The van der Waals surface area contributed by atoms with E-state index in [2.05, 4.69) is 37.5 Å². The van der Waals surface area contributed by atoms with Crippen LogP contribution in [0.3, 0.4) is 0 Å². The molecule has 0 spiro atoms. The van der Waals surface area contributed by atoms with E-state index in [9.17, 15) is 9.18 Å². The van der Waals surface area contributed by atoms with Crippen LogP contribution in [0.4, 0.5) is 16.2 Å². The maximum absolute atomic E-state index is 13.4. The van der Waals surface area contributed by atoms with E-state index in [0.29, 0.717) is 24.0 Å². The number of nitrogens with zero attached hydrogens (tertiary/aromatic N) is 6. The molecular weight excluding hydrogens is 473 g/mol. The van der Waals surface area contributed by atoms with Gasteiger partial charge in [0.15, 0.2) is 17.5 Å². The maximum atomic E-state index is 13.4. The van der Waals surface area contributed by atoms with Crippen molar-refractivity contribution in [1.82, 2.24) is 34.9 Å². The number of anilines is 2. The van der Waals surface area contributed by atoms with Crippen molar-refractivity contribution >= 4 is 17.7 Å². The number of pyridine rings is 1. The van der Waals surface area contributed by atoms with Gasteiger partial charge in [-0.15, -0.1) is 0 Å². The van der Waals surface area contributed by atoms with Crippen molar-refractivity contribution < 1.29 is 9.18 Å². The molecule has 192 valence electrons. The quantitative estimate of drug-likeness (QED) is 0.345. The van der Waals surface area contributed by atoms with Crippen LogP contribution in [0.25, 0.3) is 5.82 Å². The number of aromatic nitrogens is 7. The van der Waals surface area contributed by atoms with Crippen molar-refractivity contribution in [2.24, 2.45) is 17.1 Å². The van der Waals surface area contributed by atoms with Crippen molar-refractivity contribution in [2.45, 2.75) is 52.4 Å². The van der Waals surface area contributed by atoms with E-state index in [4.69, 9.17) is 10.7 Å². The summed E-state index contributed by atoms with van der Waals surface area (Å²) in [6.45, 7) is 7.89. The molecule has 5 rings (SSSR count). The van der Waals surface area contributed by atoms with Crippen LogP contribution in [0.5, 0.6) is 0 Å². The predicted octanol–water partition coefficient (Wildman–Crippen LogP) is 4.07. The Hall–Kier alpha value is -4.15. The molecule has 4 heterocycles. The third-order valence-corrected chi connectivity index (χ3v) is 7.53. The number of H-pyrrole nitrogens is 1. The Balaban J connectivity index is 1.48. The van der Waals surface area contributed by atoms with Gasteiger partial charge in [-0.3, -0.25) is 9.89 Å². The normalized spacial score (nSPS) is 22.2. The van der Waals surface area contributed by atoms with Gasteiger partial charge in [-0.1, -0.05) is 19.9 Å². The number of nitrogens with one attached hydrogen (secondary N) is 2. The summed E-state index contributed by atoms with van der Waals surface area (Å²) in [5.41, 5.74) is 8.82. The van der Waals surface area contributed by atoms with Crippen LogP contribution < -0.4 is 11.1 Å². The summed E-state index contributed by atoms with van der Waals surface area (Å²) >= 11 is 0. The number of aryl methyl sites for hydroxylation is 2. The second-order valence-electron chi connectivity index (χ2n) is 10.1. The predicted molar refractivity (Wildman–Crippen MR) is 136 cm³/mol. The van der Waals surface area contributed by atoms with Gasteiger partial charge in [0, 0.05) is 35.3 Å². The molecule has 3 unspecified atom stereocenters. The smallest absolute Gasteiger partial charge is 0.228 e.